The van der Waals surface area contributed by atoms with Gasteiger partial charge in [0.05, 0.1) is 29.1 Å². The number of hydrogen-bond acceptors (Lipinski definition) is 8. The zero-order valence-corrected chi connectivity index (χ0v) is 26.4. The van der Waals surface area contributed by atoms with Crippen molar-refractivity contribution in [1.29, 1.82) is 0 Å². The van der Waals surface area contributed by atoms with Crippen molar-refractivity contribution in [1.82, 2.24) is 10.6 Å². The maximum atomic E-state index is 16.1. The molecule has 3 aromatic carbocycles. The molecule has 0 aromatic heterocycles. The van der Waals surface area contributed by atoms with Crippen molar-refractivity contribution in [3.05, 3.63) is 89.2 Å². The van der Waals surface area contributed by atoms with E-state index in [1.165, 1.54) is 34.6 Å². The molecule has 0 bridgehead atoms. The SMILES string of the molecule is CC(C)Nc1cc(C(=O)N[C@@H](Cc2ccccc2)[C@H](O)CNCc2cccc(OC(F)(F)F)c2)c(F)c(N2CCCCS2(O)O)c1. The van der Waals surface area contributed by atoms with Crippen molar-refractivity contribution in [2.75, 3.05) is 28.5 Å². The van der Waals surface area contributed by atoms with Crippen LogP contribution in [0.2, 0.25) is 0 Å². The number of aliphatic hydroxyl groups excluding tert-OH is 1. The molecule has 4 rings (SSSR count). The summed E-state index contributed by atoms with van der Waals surface area (Å²) in [7, 11) is -3.29. The largest absolute Gasteiger partial charge is 0.573 e. The maximum Gasteiger partial charge on any atom is 0.573 e. The molecule has 0 saturated carbocycles. The second-order valence-corrected chi connectivity index (χ2v) is 13.6. The van der Waals surface area contributed by atoms with Gasteiger partial charge in [-0.2, -0.15) is 0 Å². The number of carbonyl (C=O) groups is 1. The molecule has 1 fully saturated rings. The van der Waals surface area contributed by atoms with Crippen LogP contribution in [0.15, 0.2) is 66.7 Å². The third-order valence-corrected chi connectivity index (χ3v) is 9.22. The van der Waals surface area contributed by atoms with Crippen LogP contribution in [0.3, 0.4) is 0 Å². The summed E-state index contributed by atoms with van der Waals surface area (Å²) in [5.41, 5.74) is 1.25. The van der Waals surface area contributed by atoms with Crippen LogP contribution < -0.4 is 25.0 Å². The number of amides is 1. The Labute approximate surface area is 267 Å². The lowest BCUT2D eigenvalue weighted by molar-refractivity contribution is -0.274. The normalized spacial score (nSPS) is 16.9. The Hall–Kier alpha value is -3.56. The molecule has 0 spiro atoms. The first kappa shape index (κ1) is 35.3. The zero-order valence-electron chi connectivity index (χ0n) is 25.6. The van der Waals surface area contributed by atoms with E-state index in [9.17, 15) is 32.2 Å². The van der Waals surface area contributed by atoms with Crippen molar-refractivity contribution in [2.45, 2.75) is 64.2 Å². The Kier molecular flexibility index (Phi) is 11.8. The Morgan fingerprint density at radius 2 is 1.74 bits per heavy atom. The number of hydrogen-bond donors (Lipinski definition) is 6. The van der Waals surface area contributed by atoms with Crippen LogP contribution in [-0.4, -0.2) is 63.5 Å². The van der Waals surface area contributed by atoms with E-state index in [4.69, 9.17) is 0 Å². The molecular formula is C32H40F4N4O5S. The first-order valence-electron chi connectivity index (χ1n) is 14.9. The highest BCUT2D eigenvalue weighted by Gasteiger charge is 2.33. The van der Waals surface area contributed by atoms with Gasteiger partial charge in [-0.3, -0.25) is 18.2 Å². The lowest BCUT2D eigenvalue weighted by Gasteiger charge is -2.47. The number of aliphatic hydroxyl groups is 1. The molecule has 0 unspecified atom stereocenters. The highest BCUT2D eigenvalue weighted by Crippen LogP contribution is 2.51. The van der Waals surface area contributed by atoms with Crippen LogP contribution in [0.4, 0.5) is 28.9 Å². The monoisotopic (exact) mass is 668 g/mol. The summed E-state index contributed by atoms with van der Waals surface area (Å²) in [5, 5.41) is 20.1. The quantitative estimate of drug-likeness (QED) is 0.117. The van der Waals surface area contributed by atoms with Crippen molar-refractivity contribution in [2.24, 2.45) is 0 Å². The Morgan fingerprint density at radius 1 is 1.02 bits per heavy atom. The number of alkyl halides is 3. The molecule has 0 radical (unpaired) electrons. The number of ether oxygens (including phenoxy) is 1. The maximum absolute atomic E-state index is 16.1. The molecule has 1 aliphatic heterocycles. The predicted molar refractivity (Wildman–Crippen MR) is 172 cm³/mol. The van der Waals surface area contributed by atoms with Gasteiger partial charge in [0.25, 0.3) is 5.91 Å². The molecule has 6 N–H and O–H groups in total. The van der Waals surface area contributed by atoms with Crippen LogP contribution in [0.25, 0.3) is 0 Å². The van der Waals surface area contributed by atoms with Crippen molar-refractivity contribution in [3.63, 3.8) is 0 Å². The number of anilines is 2. The van der Waals surface area contributed by atoms with E-state index < -0.39 is 41.0 Å². The van der Waals surface area contributed by atoms with Gasteiger partial charge in [0, 0.05) is 31.4 Å². The van der Waals surface area contributed by atoms with E-state index in [1.54, 1.807) is 18.2 Å². The van der Waals surface area contributed by atoms with E-state index >= 15 is 4.39 Å². The average molecular weight is 669 g/mol. The molecular weight excluding hydrogens is 628 g/mol. The number of nitrogens with zero attached hydrogens (tertiary/aromatic N) is 1. The van der Waals surface area contributed by atoms with Gasteiger partial charge >= 0.3 is 6.36 Å². The lowest BCUT2D eigenvalue weighted by Crippen LogP contribution is -2.49. The molecule has 9 nitrogen and oxygen atoms in total. The lowest BCUT2D eigenvalue weighted by atomic mass is 10.00. The van der Waals surface area contributed by atoms with Gasteiger partial charge in [0.2, 0.25) is 0 Å². The fourth-order valence-corrected chi connectivity index (χ4v) is 6.90. The van der Waals surface area contributed by atoms with E-state index in [-0.39, 0.29) is 54.9 Å². The van der Waals surface area contributed by atoms with E-state index in [1.807, 2.05) is 32.0 Å². The van der Waals surface area contributed by atoms with Gasteiger partial charge < -0.3 is 25.8 Å². The molecule has 14 heteroatoms. The van der Waals surface area contributed by atoms with Gasteiger partial charge in [0.15, 0.2) is 5.82 Å². The first-order valence-corrected chi connectivity index (χ1v) is 16.6. The molecule has 2 atom stereocenters. The minimum Gasteiger partial charge on any atom is -0.406 e. The van der Waals surface area contributed by atoms with Crippen LogP contribution >= 0.6 is 10.8 Å². The highest BCUT2D eigenvalue weighted by atomic mass is 32.3. The van der Waals surface area contributed by atoms with Crippen LogP contribution in [0.5, 0.6) is 5.75 Å². The molecule has 1 saturated heterocycles. The van der Waals surface area contributed by atoms with Gasteiger partial charge in [-0.15, -0.1) is 23.9 Å². The third-order valence-electron chi connectivity index (χ3n) is 7.30. The summed E-state index contributed by atoms with van der Waals surface area (Å²) in [6.45, 7) is 3.99. The standard InChI is InChI=1S/C32H40F4N4O5S/c1-21(2)38-24-17-26(30(33)28(18-24)40-13-6-7-14-46(40,43)44)31(42)39-27(16-22-9-4-3-5-10-22)29(41)20-37-19-23-11-8-12-25(15-23)45-32(34,35)36/h3-5,8-12,15,17-18,21,27,29,37-38,41,43-44H,6-7,13-14,16,19-20H2,1-2H3,(H,39,42)/t27-,29+/m0/s1. The summed E-state index contributed by atoms with van der Waals surface area (Å²) in [4.78, 5) is 13.7. The number of benzene rings is 3. The average Bonchev–Trinajstić information content (AvgIpc) is 2.97. The van der Waals surface area contributed by atoms with Crippen molar-refractivity contribution >= 4 is 28.1 Å². The van der Waals surface area contributed by atoms with Crippen molar-refractivity contribution in [3.8, 4) is 5.75 Å². The predicted octanol–water partition coefficient (Wildman–Crippen LogP) is 6.30. The molecule has 1 amide bonds. The highest BCUT2D eigenvalue weighted by molar-refractivity contribution is 8.25. The smallest absolute Gasteiger partial charge is 0.406 e. The fourth-order valence-electron chi connectivity index (χ4n) is 5.21. The summed E-state index contributed by atoms with van der Waals surface area (Å²) in [5.74, 6) is -2.01. The van der Waals surface area contributed by atoms with Gasteiger partial charge in [-0.25, -0.2) is 4.39 Å². The molecule has 1 aliphatic rings. The van der Waals surface area contributed by atoms with Gasteiger partial charge in [-0.05, 0) is 68.5 Å². The summed E-state index contributed by atoms with van der Waals surface area (Å²) in [6, 6.07) is 16.3. The molecule has 0 aliphatic carbocycles. The number of nitrogens with one attached hydrogen (secondary N) is 3. The van der Waals surface area contributed by atoms with Crippen LogP contribution in [-0.2, 0) is 13.0 Å². The first-order chi connectivity index (χ1) is 21.7. The molecule has 46 heavy (non-hydrogen) atoms. The minimum atomic E-state index is -4.83. The van der Waals surface area contributed by atoms with E-state index in [0.717, 1.165) is 5.56 Å². The topological polar surface area (TPSA) is 126 Å². The molecule has 3 aromatic rings. The van der Waals surface area contributed by atoms with Crippen molar-refractivity contribution < 1.29 is 41.3 Å². The molecule has 252 valence electrons. The van der Waals surface area contributed by atoms with Gasteiger partial charge in [0.1, 0.15) is 5.75 Å². The van der Waals surface area contributed by atoms with E-state index in [0.29, 0.717) is 24.1 Å². The summed E-state index contributed by atoms with van der Waals surface area (Å²) in [6.07, 6.45) is -4.62. The second kappa shape index (κ2) is 15.4. The fraction of sp³-hybridized carbons (Fsp3) is 0.406. The number of carbonyl (C=O) groups excluding carboxylic acids is 1. The summed E-state index contributed by atoms with van der Waals surface area (Å²) >= 11 is 0. The van der Waals surface area contributed by atoms with Gasteiger partial charge in [-0.1, -0.05) is 42.5 Å². The number of halogens is 4. The Balaban J connectivity index is 1.55. The van der Waals surface area contributed by atoms with Crippen LogP contribution in [0, 0.1) is 5.82 Å². The zero-order chi connectivity index (χ0) is 33.5. The Bertz CT molecular complexity index is 1460. The van der Waals surface area contributed by atoms with E-state index in [2.05, 4.69) is 20.7 Å². The third kappa shape index (κ3) is 9.97. The summed E-state index contributed by atoms with van der Waals surface area (Å²) < 4.78 is 80.6. The van der Waals surface area contributed by atoms with Crippen LogP contribution in [0.1, 0.15) is 48.2 Å². The Morgan fingerprint density at radius 3 is 2.41 bits per heavy atom. The minimum absolute atomic E-state index is 0.0561. The molecule has 1 heterocycles. The second-order valence-electron chi connectivity index (χ2n) is 11.5. The number of rotatable bonds is 13.